The van der Waals surface area contributed by atoms with Crippen LogP contribution in [-0.2, 0) is 9.59 Å². The SMILES string of the molecule is CN1CC[C@H](NC(=O)[C@H]2CCC(=O)N2)[C@@H]1c1ccc(Cl)c(F)c1. The van der Waals surface area contributed by atoms with Gasteiger partial charge < -0.3 is 10.6 Å². The zero-order valence-electron chi connectivity index (χ0n) is 12.8. The van der Waals surface area contributed by atoms with Gasteiger partial charge in [-0.2, -0.15) is 0 Å². The van der Waals surface area contributed by atoms with Gasteiger partial charge in [-0.3, -0.25) is 14.5 Å². The van der Waals surface area contributed by atoms with Crippen LogP contribution in [-0.4, -0.2) is 42.4 Å². The Morgan fingerprint density at radius 1 is 1.43 bits per heavy atom. The first-order valence-corrected chi connectivity index (χ1v) is 8.08. The normalized spacial score (nSPS) is 28.0. The van der Waals surface area contributed by atoms with E-state index in [1.807, 2.05) is 7.05 Å². The number of rotatable bonds is 3. The van der Waals surface area contributed by atoms with Crippen molar-refractivity contribution >= 4 is 23.4 Å². The molecule has 5 nitrogen and oxygen atoms in total. The standard InChI is InChI=1S/C16H19ClFN3O2/c1-21-7-6-12(20-16(23)13-4-5-14(22)19-13)15(21)9-2-3-10(17)11(18)8-9/h2-3,8,12-13,15H,4-7H2,1H3,(H,19,22)(H,20,23)/t12-,13+,15-/m0/s1. The highest BCUT2D eigenvalue weighted by Gasteiger charge is 2.36. The third kappa shape index (κ3) is 3.33. The predicted molar refractivity (Wildman–Crippen MR) is 84.5 cm³/mol. The number of likely N-dealkylation sites (N-methyl/N-ethyl adjacent to an activating group) is 1. The average molecular weight is 340 g/mol. The second kappa shape index (κ2) is 6.45. The van der Waals surface area contributed by atoms with E-state index in [1.165, 1.54) is 12.1 Å². The van der Waals surface area contributed by atoms with E-state index < -0.39 is 11.9 Å². The summed E-state index contributed by atoms with van der Waals surface area (Å²) in [5, 5.41) is 5.76. The topological polar surface area (TPSA) is 61.4 Å². The summed E-state index contributed by atoms with van der Waals surface area (Å²) in [5.74, 6) is -0.724. The summed E-state index contributed by atoms with van der Waals surface area (Å²) in [4.78, 5) is 25.6. The minimum atomic E-state index is -0.462. The Morgan fingerprint density at radius 3 is 2.87 bits per heavy atom. The number of likely N-dealkylation sites (tertiary alicyclic amines) is 1. The highest BCUT2D eigenvalue weighted by Crippen LogP contribution is 2.32. The van der Waals surface area contributed by atoms with Crippen LogP contribution >= 0.6 is 11.6 Å². The summed E-state index contributed by atoms with van der Waals surface area (Å²) < 4.78 is 13.8. The van der Waals surface area contributed by atoms with Gasteiger partial charge in [-0.05, 0) is 37.6 Å². The van der Waals surface area contributed by atoms with Crippen LogP contribution in [0.25, 0.3) is 0 Å². The van der Waals surface area contributed by atoms with Crippen LogP contribution < -0.4 is 10.6 Å². The van der Waals surface area contributed by atoms with Crippen LogP contribution in [0.2, 0.25) is 5.02 Å². The van der Waals surface area contributed by atoms with E-state index in [0.29, 0.717) is 12.8 Å². The van der Waals surface area contributed by atoms with Crippen LogP contribution in [0.5, 0.6) is 0 Å². The molecule has 0 aromatic heterocycles. The number of hydrogen-bond acceptors (Lipinski definition) is 3. The van der Waals surface area contributed by atoms with Gasteiger partial charge in [-0.25, -0.2) is 4.39 Å². The lowest BCUT2D eigenvalue weighted by Gasteiger charge is -2.27. The summed E-state index contributed by atoms with van der Waals surface area (Å²) in [6, 6.07) is 4.05. The second-order valence-electron chi connectivity index (χ2n) is 6.16. The number of amides is 2. The molecule has 23 heavy (non-hydrogen) atoms. The lowest BCUT2D eigenvalue weighted by Crippen LogP contribution is -2.47. The van der Waals surface area contributed by atoms with E-state index in [-0.39, 0.29) is 28.9 Å². The van der Waals surface area contributed by atoms with Crippen LogP contribution in [0.1, 0.15) is 30.9 Å². The van der Waals surface area contributed by atoms with Crippen molar-refractivity contribution in [1.82, 2.24) is 15.5 Å². The van der Waals surface area contributed by atoms with Crippen molar-refractivity contribution in [3.63, 3.8) is 0 Å². The zero-order chi connectivity index (χ0) is 16.6. The molecule has 0 bridgehead atoms. The van der Waals surface area contributed by atoms with Gasteiger partial charge in [0.2, 0.25) is 11.8 Å². The fraction of sp³-hybridized carbons (Fsp3) is 0.500. The minimum absolute atomic E-state index is 0.0867. The first-order chi connectivity index (χ1) is 11.0. The van der Waals surface area contributed by atoms with Crippen LogP contribution in [0.4, 0.5) is 4.39 Å². The Labute approximate surface area is 139 Å². The molecule has 0 spiro atoms. The van der Waals surface area contributed by atoms with Crippen molar-refractivity contribution in [3.8, 4) is 0 Å². The quantitative estimate of drug-likeness (QED) is 0.879. The van der Waals surface area contributed by atoms with Crippen molar-refractivity contribution in [2.24, 2.45) is 0 Å². The van der Waals surface area contributed by atoms with Gasteiger partial charge in [-0.1, -0.05) is 17.7 Å². The molecule has 124 valence electrons. The molecule has 2 aliphatic heterocycles. The molecule has 2 amide bonds. The predicted octanol–water partition coefficient (Wildman–Crippen LogP) is 1.62. The monoisotopic (exact) mass is 339 g/mol. The molecule has 7 heteroatoms. The number of halogens is 2. The van der Waals surface area contributed by atoms with Crippen LogP contribution in [0, 0.1) is 5.82 Å². The summed E-state index contributed by atoms with van der Waals surface area (Å²) >= 11 is 5.75. The lowest BCUT2D eigenvalue weighted by molar-refractivity contribution is -0.126. The molecule has 0 saturated carbocycles. The molecule has 0 radical (unpaired) electrons. The first-order valence-electron chi connectivity index (χ1n) is 7.70. The Balaban J connectivity index is 1.74. The fourth-order valence-electron chi connectivity index (χ4n) is 3.38. The molecule has 0 unspecified atom stereocenters. The molecule has 0 aliphatic carbocycles. The smallest absolute Gasteiger partial charge is 0.242 e. The number of hydrogen-bond donors (Lipinski definition) is 2. The fourth-order valence-corrected chi connectivity index (χ4v) is 3.49. The van der Waals surface area contributed by atoms with Crippen LogP contribution in [0.3, 0.4) is 0 Å². The molecule has 2 saturated heterocycles. The van der Waals surface area contributed by atoms with Crippen molar-refractivity contribution < 1.29 is 14.0 Å². The Hall–Kier alpha value is -1.66. The van der Waals surface area contributed by atoms with Crippen molar-refractivity contribution in [2.75, 3.05) is 13.6 Å². The molecule has 2 heterocycles. The Bertz CT molecular complexity index is 640. The minimum Gasteiger partial charge on any atom is -0.350 e. The average Bonchev–Trinajstić information content (AvgIpc) is 3.09. The molecular formula is C16H19ClFN3O2. The molecule has 2 N–H and O–H groups in total. The highest BCUT2D eigenvalue weighted by molar-refractivity contribution is 6.30. The molecule has 2 fully saturated rings. The number of carbonyl (C=O) groups excluding carboxylic acids is 2. The number of nitrogens with zero attached hydrogens (tertiary/aromatic N) is 1. The zero-order valence-corrected chi connectivity index (χ0v) is 13.6. The molecular weight excluding hydrogens is 321 g/mol. The Kier molecular flexibility index (Phi) is 4.55. The van der Waals surface area contributed by atoms with Crippen molar-refractivity contribution in [2.45, 2.75) is 37.4 Å². The van der Waals surface area contributed by atoms with E-state index in [4.69, 9.17) is 11.6 Å². The van der Waals surface area contributed by atoms with Gasteiger partial charge in [0.1, 0.15) is 11.9 Å². The third-order valence-corrected chi connectivity index (χ3v) is 4.88. The van der Waals surface area contributed by atoms with Gasteiger partial charge in [0, 0.05) is 19.0 Å². The molecule has 1 aromatic carbocycles. The second-order valence-corrected chi connectivity index (χ2v) is 6.57. The molecule has 1 aromatic rings. The molecule has 3 atom stereocenters. The summed E-state index contributed by atoms with van der Waals surface area (Å²) in [6.07, 6.45) is 1.68. The third-order valence-electron chi connectivity index (χ3n) is 4.57. The maximum absolute atomic E-state index is 13.8. The van der Waals surface area contributed by atoms with E-state index in [9.17, 15) is 14.0 Å². The molecule has 3 rings (SSSR count). The number of carbonyl (C=O) groups is 2. The number of benzene rings is 1. The number of nitrogens with one attached hydrogen (secondary N) is 2. The summed E-state index contributed by atoms with van der Waals surface area (Å²) in [7, 11) is 1.95. The maximum atomic E-state index is 13.8. The van der Waals surface area contributed by atoms with E-state index in [1.54, 1.807) is 6.07 Å². The van der Waals surface area contributed by atoms with Crippen molar-refractivity contribution in [1.29, 1.82) is 0 Å². The van der Waals surface area contributed by atoms with Gasteiger partial charge in [0.15, 0.2) is 0 Å². The largest absolute Gasteiger partial charge is 0.350 e. The van der Waals surface area contributed by atoms with Gasteiger partial charge in [-0.15, -0.1) is 0 Å². The Morgan fingerprint density at radius 2 is 2.22 bits per heavy atom. The van der Waals surface area contributed by atoms with Gasteiger partial charge in [0.25, 0.3) is 0 Å². The van der Waals surface area contributed by atoms with E-state index in [2.05, 4.69) is 15.5 Å². The first kappa shape index (κ1) is 16.2. The highest BCUT2D eigenvalue weighted by atomic mass is 35.5. The van der Waals surface area contributed by atoms with E-state index >= 15 is 0 Å². The molecule has 2 aliphatic rings. The summed E-state index contributed by atoms with van der Waals surface area (Å²) in [6.45, 7) is 0.802. The van der Waals surface area contributed by atoms with Crippen LogP contribution in [0.15, 0.2) is 18.2 Å². The lowest BCUT2D eigenvalue weighted by atomic mass is 9.99. The van der Waals surface area contributed by atoms with Gasteiger partial charge >= 0.3 is 0 Å². The van der Waals surface area contributed by atoms with Gasteiger partial charge in [0.05, 0.1) is 11.1 Å². The van der Waals surface area contributed by atoms with Crippen molar-refractivity contribution in [3.05, 3.63) is 34.6 Å². The maximum Gasteiger partial charge on any atom is 0.242 e. The van der Waals surface area contributed by atoms with E-state index in [0.717, 1.165) is 18.5 Å². The summed E-state index contributed by atoms with van der Waals surface area (Å²) in [5.41, 5.74) is 0.785.